The lowest BCUT2D eigenvalue weighted by Gasteiger charge is -2.13. The highest BCUT2D eigenvalue weighted by Crippen LogP contribution is 2.48. The Morgan fingerprint density at radius 1 is 1.62 bits per heavy atom. The molecule has 0 amide bonds. The van der Waals surface area contributed by atoms with Crippen LogP contribution in [0.15, 0.2) is 12.3 Å². The van der Waals surface area contributed by atoms with Gasteiger partial charge in [0.15, 0.2) is 5.69 Å². The predicted molar refractivity (Wildman–Crippen MR) is 59.4 cm³/mol. The van der Waals surface area contributed by atoms with E-state index in [1.54, 1.807) is 0 Å². The quantitative estimate of drug-likeness (QED) is 0.792. The van der Waals surface area contributed by atoms with Crippen molar-refractivity contribution >= 4 is 11.9 Å². The van der Waals surface area contributed by atoms with Gasteiger partial charge in [0.2, 0.25) is 5.95 Å². The monoisotopic (exact) mass is 221 g/mol. The molecule has 0 atom stereocenters. The second kappa shape index (κ2) is 4.08. The van der Waals surface area contributed by atoms with Crippen LogP contribution in [0.5, 0.6) is 0 Å². The SMILES string of the molecule is CCC1(CNc2nccc(C(=O)O)n2)CC1. The van der Waals surface area contributed by atoms with Crippen LogP contribution in [0.3, 0.4) is 0 Å². The Morgan fingerprint density at radius 3 is 2.94 bits per heavy atom. The van der Waals surface area contributed by atoms with Crippen molar-refractivity contribution in [3.63, 3.8) is 0 Å². The van der Waals surface area contributed by atoms with Gasteiger partial charge in [-0.05, 0) is 30.7 Å². The van der Waals surface area contributed by atoms with Crippen molar-refractivity contribution in [2.45, 2.75) is 26.2 Å². The first kappa shape index (κ1) is 10.9. The van der Waals surface area contributed by atoms with Crippen molar-refractivity contribution in [2.24, 2.45) is 5.41 Å². The highest BCUT2D eigenvalue weighted by Gasteiger charge is 2.40. The normalized spacial score (nSPS) is 16.8. The molecule has 1 fully saturated rings. The van der Waals surface area contributed by atoms with E-state index in [1.165, 1.54) is 25.1 Å². The molecule has 0 spiro atoms. The molecule has 1 aliphatic carbocycles. The fourth-order valence-electron chi connectivity index (χ4n) is 1.66. The van der Waals surface area contributed by atoms with Crippen LogP contribution in [0.25, 0.3) is 0 Å². The van der Waals surface area contributed by atoms with Gasteiger partial charge >= 0.3 is 5.97 Å². The van der Waals surface area contributed by atoms with Gasteiger partial charge < -0.3 is 10.4 Å². The molecular weight excluding hydrogens is 206 g/mol. The maximum atomic E-state index is 10.7. The minimum Gasteiger partial charge on any atom is -0.477 e. The van der Waals surface area contributed by atoms with Gasteiger partial charge in [0.25, 0.3) is 0 Å². The van der Waals surface area contributed by atoms with E-state index in [2.05, 4.69) is 22.2 Å². The number of hydrogen-bond donors (Lipinski definition) is 2. The third kappa shape index (κ3) is 2.29. The zero-order chi connectivity index (χ0) is 11.6. The molecule has 2 rings (SSSR count). The fraction of sp³-hybridized carbons (Fsp3) is 0.545. The van der Waals surface area contributed by atoms with E-state index in [0.29, 0.717) is 11.4 Å². The van der Waals surface area contributed by atoms with Crippen molar-refractivity contribution < 1.29 is 9.90 Å². The summed E-state index contributed by atoms with van der Waals surface area (Å²) in [6.45, 7) is 3.00. The van der Waals surface area contributed by atoms with E-state index in [0.717, 1.165) is 13.0 Å². The Kier molecular flexibility index (Phi) is 2.77. The lowest BCUT2D eigenvalue weighted by molar-refractivity contribution is 0.0690. The molecule has 0 bridgehead atoms. The van der Waals surface area contributed by atoms with Crippen LogP contribution < -0.4 is 5.32 Å². The lowest BCUT2D eigenvalue weighted by Crippen LogP contribution is -2.16. The summed E-state index contributed by atoms with van der Waals surface area (Å²) in [7, 11) is 0. The number of nitrogens with one attached hydrogen (secondary N) is 1. The van der Waals surface area contributed by atoms with Crippen LogP contribution >= 0.6 is 0 Å². The van der Waals surface area contributed by atoms with E-state index in [4.69, 9.17) is 5.11 Å². The van der Waals surface area contributed by atoms with Crippen molar-refractivity contribution in [2.75, 3.05) is 11.9 Å². The second-order valence-corrected chi connectivity index (χ2v) is 4.28. The van der Waals surface area contributed by atoms with Gasteiger partial charge in [0.1, 0.15) is 0 Å². The summed E-state index contributed by atoms with van der Waals surface area (Å²) >= 11 is 0. The smallest absolute Gasteiger partial charge is 0.354 e. The summed E-state index contributed by atoms with van der Waals surface area (Å²) in [5.74, 6) is -0.623. The summed E-state index contributed by atoms with van der Waals surface area (Å²) in [6.07, 6.45) is 5.06. The number of anilines is 1. The van der Waals surface area contributed by atoms with Gasteiger partial charge in [-0.2, -0.15) is 0 Å². The third-order valence-corrected chi connectivity index (χ3v) is 3.20. The van der Waals surface area contributed by atoms with Crippen LogP contribution in [0, 0.1) is 5.41 Å². The summed E-state index contributed by atoms with van der Waals surface area (Å²) in [5, 5.41) is 11.9. The second-order valence-electron chi connectivity index (χ2n) is 4.28. The number of hydrogen-bond acceptors (Lipinski definition) is 4. The van der Waals surface area contributed by atoms with E-state index >= 15 is 0 Å². The van der Waals surface area contributed by atoms with Crippen molar-refractivity contribution in [1.82, 2.24) is 9.97 Å². The van der Waals surface area contributed by atoms with Crippen LogP contribution in [0.2, 0.25) is 0 Å². The standard InChI is InChI=1S/C11H15N3O2/c1-2-11(4-5-11)7-13-10-12-6-3-8(14-10)9(15)16/h3,6H,2,4-5,7H2,1H3,(H,15,16)(H,12,13,14). The molecule has 0 unspecified atom stereocenters. The van der Waals surface area contributed by atoms with Gasteiger partial charge in [0.05, 0.1) is 0 Å². The van der Waals surface area contributed by atoms with Crippen molar-refractivity contribution in [1.29, 1.82) is 0 Å². The molecule has 1 aromatic heterocycles. The summed E-state index contributed by atoms with van der Waals surface area (Å²) in [5.41, 5.74) is 0.418. The average Bonchev–Trinajstić information content (AvgIpc) is 3.07. The Morgan fingerprint density at radius 2 is 2.38 bits per heavy atom. The Labute approximate surface area is 93.9 Å². The molecule has 1 aliphatic rings. The number of carboxylic acids is 1. The van der Waals surface area contributed by atoms with Gasteiger partial charge in [-0.25, -0.2) is 14.8 Å². The van der Waals surface area contributed by atoms with Gasteiger partial charge in [0, 0.05) is 12.7 Å². The summed E-state index contributed by atoms with van der Waals surface area (Å²) < 4.78 is 0. The maximum absolute atomic E-state index is 10.7. The predicted octanol–water partition coefficient (Wildman–Crippen LogP) is 1.78. The van der Waals surface area contributed by atoms with E-state index in [9.17, 15) is 4.79 Å². The third-order valence-electron chi connectivity index (χ3n) is 3.20. The average molecular weight is 221 g/mol. The van der Waals surface area contributed by atoms with Crippen molar-refractivity contribution in [3.8, 4) is 0 Å². The topological polar surface area (TPSA) is 75.1 Å². The molecule has 0 saturated heterocycles. The van der Waals surface area contributed by atoms with Gasteiger partial charge in [-0.1, -0.05) is 6.92 Å². The molecule has 1 saturated carbocycles. The van der Waals surface area contributed by atoms with Crippen LogP contribution in [-0.2, 0) is 0 Å². The van der Waals surface area contributed by atoms with Crippen LogP contribution in [0.1, 0.15) is 36.7 Å². The number of aromatic nitrogens is 2. The number of rotatable bonds is 5. The molecule has 0 aromatic carbocycles. The van der Waals surface area contributed by atoms with E-state index in [1.807, 2.05) is 0 Å². The molecule has 1 heterocycles. The van der Waals surface area contributed by atoms with E-state index in [-0.39, 0.29) is 5.69 Å². The van der Waals surface area contributed by atoms with Crippen molar-refractivity contribution in [3.05, 3.63) is 18.0 Å². The molecule has 2 N–H and O–H groups in total. The lowest BCUT2D eigenvalue weighted by atomic mass is 10.0. The Hall–Kier alpha value is -1.65. The highest BCUT2D eigenvalue weighted by molar-refractivity contribution is 5.85. The molecular formula is C11H15N3O2. The molecule has 5 nitrogen and oxygen atoms in total. The molecule has 16 heavy (non-hydrogen) atoms. The van der Waals surface area contributed by atoms with E-state index < -0.39 is 5.97 Å². The number of aromatic carboxylic acids is 1. The molecule has 86 valence electrons. The first-order chi connectivity index (χ1) is 7.65. The molecule has 0 aliphatic heterocycles. The molecule has 0 radical (unpaired) electrons. The maximum Gasteiger partial charge on any atom is 0.354 e. The fourth-order valence-corrected chi connectivity index (χ4v) is 1.66. The molecule has 1 aromatic rings. The number of nitrogens with zero attached hydrogens (tertiary/aromatic N) is 2. The van der Waals surface area contributed by atoms with Gasteiger partial charge in [-0.3, -0.25) is 0 Å². The van der Waals surface area contributed by atoms with Crippen LogP contribution in [-0.4, -0.2) is 27.6 Å². The largest absolute Gasteiger partial charge is 0.477 e. The summed E-state index contributed by atoms with van der Waals surface area (Å²) in [4.78, 5) is 18.6. The minimum absolute atomic E-state index is 0.0267. The highest BCUT2D eigenvalue weighted by atomic mass is 16.4. The van der Waals surface area contributed by atoms with Gasteiger partial charge in [-0.15, -0.1) is 0 Å². The number of carboxylic acid groups (broad SMARTS) is 1. The first-order valence-corrected chi connectivity index (χ1v) is 5.45. The van der Waals surface area contributed by atoms with Crippen LogP contribution in [0.4, 0.5) is 5.95 Å². The zero-order valence-corrected chi connectivity index (χ0v) is 9.23. The molecule has 5 heteroatoms. The first-order valence-electron chi connectivity index (χ1n) is 5.45. The Balaban J connectivity index is 1.99. The minimum atomic E-state index is -1.03. The number of carbonyl (C=O) groups is 1. The Bertz CT molecular complexity index is 402. The summed E-state index contributed by atoms with van der Waals surface area (Å²) in [6, 6.07) is 1.39. The zero-order valence-electron chi connectivity index (χ0n) is 9.23.